The Morgan fingerprint density at radius 1 is 0.875 bits per heavy atom. The number of ether oxygens (including phenoxy) is 2. The molecule has 3 aromatic rings. The second-order valence-electron chi connectivity index (χ2n) is 5.86. The highest BCUT2D eigenvalue weighted by molar-refractivity contribution is 5.86. The second-order valence-corrected chi connectivity index (χ2v) is 5.86. The highest BCUT2D eigenvalue weighted by Gasteiger charge is 2.10. The van der Waals surface area contributed by atoms with Gasteiger partial charge < -0.3 is 14.8 Å². The molecule has 0 bridgehead atoms. The molecule has 0 radical (unpaired) electrons. The minimum atomic E-state index is 0.254. The van der Waals surface area contributed by atoms with Crippen LogP contribution in [-0.2, 0) is 6.54 Å². The van der Waals surface area contributed by atoms with Gasteiger partial charge in [-0.25, -0.2) is 0 Å². The summed E-state index contributed by atoms with van der Waals surface area (Å²) in [5.74, 6) is 1.51. The zero-order valence-corrected chi connectivity index (χ0v) is 14.4. The van der Waals surface area contributed by atoms with Crippen LogP contribution >= 0.6 is 0 Å². The minimum Gasteiger partial charge on any atom is -0.493 e. The van der Waals surface area contributed by atoms with Crippen LogP contribution in [0.1, 0.15) is 24.1 Å². The first-order chi connectivity index (χ1) is 11.7. The molecule has 3 heteroatoms. The van der Waals surface area contributed by atoms with Gasteiger partial charge in [0.25, 0.3) is 0 Å². The molecule has 24 heavy (non-hydrogen) atoms. The van der Waals surface area contributed by atoms with Gasteiger partial charge in [-0.15, -0.1) is 0 Å². The summed E-state index contributed by atoms with van der Waals surface area (Å²) in [6, 6.07) is 21.2. The van der Waals surface area contributed by atoms with Gasteiger partial charge in [0, 0.05) is 12.6 Å². The smallest absolute Gasteiger partial charge is 0.161 e. The monoisotopic (exact) mass is 321 g/mol. The lowest BCUT2D eigenvalue weighted by Crippen LogP contribution is -2.18. The normalized spacial score (nSPS) is 12.1. The minimum absolute atomic E-state index is 0.254. The van der Waals surface area contributed by atoms with Gasteiger partial charge in [-0.2, -0.15) is 0 Å². The summed E-state index contributed by atoms with van der Waals surface area (Å²) in [4.78, 5) is 0. The first-order valence-corrected chi connectivity index (χ1v) is 8.15. The van der Waals surface area contributed by atoms with Crippen LogP contribution in [0.3, 0.4) is 0 Å². The maximum Gasteiger partial charge on any atom is 0.161 e. The highest BCUT2D eigenvalue weighted by Crippen LogP contribution is 2.28. The molecule has 0 aliphatic heterocycles. The van der Waals surface area contributed by atoms with Gasteiger partial charge in [0.05, 0.1) is 14.2 Å². The first kappa shape index (κ1) is 16.3. The molecular formula is C21H23NO2. The molecule has 3 nitrogen and oxygen atoms in total. The van der Waals surface area contributed by atoms with Crippen molar-refractivity contribution >= 4 is 10.8 Å². The summed E-state index contributed by atoms with van der Waals surface area (Å²) in [6.45, 7) is 2.97. The lowest BCUT2D eigenvalue weighted by atomic mass is 9.99. The van der Waals surface area contributed by atoms with Crippen LogP contribution in [-0.4, -0.2) is 14.2 Å². The van der Waals surface area contributed by atoms with E-state index in [0.717, 1.165) is 18.0 Å². The molecule has 1 N–H and O–H groups in total. The summed E-state index contributed by atoms with van der Waals surface area (Å²) >= 11 is 0. The topological polar surface area (TPSA) is 30.5 Å². The van der Waals surface area contributed by atoms with E-state index >= 15 is 0 Å². The van der Waals surface area contributed by atoms with Crippen LogP contribution < -0.4 is 14.8 Å². The zero-order valence-electron chi connectivity index (χ0n) is 14.4. The maximum atomic E-state index is 5.37. The molecule has 0 saturated carbocycles. The van der Waals surface area contributed by atoms with Crippen molar-refractivity contribution in [1.29, 1.82) is 0 Å². The number of fused-ring (bicyclic) bond motifs is 1. The third-order valence-corrected chi connectivity index (χ3v) is 4.35. The lowest BCUT2D eigenvalue weighted by Gasteiger charge is -2.17. The molecule has 0 heterocycles. The van der Waals surface area contributed by atoms with Crippen LogP contribution in [0.2, 0.25) is 0 Å². The van der Waals surface area contributed by atoms with Crippen molar-refractivity contribution < 1.29 is 9.47 Å². The van der Waals surface area contributed by atoms with Gasteiger partial charge in [-0.05, 0) is 41.0 Å². The van der Waals surface area contributed by atoms with E-state index in [0.29, 0.717) is 0 Å². The number of methoxy groups -OCH3 is 2. The molecule has 0 saturated heterocycles. The van der Waals surface area contributed by atoms with Gasteiger partial charge in [0.2, 0.25) is 0 Å². The Morgan fingerprint density at radius 3 is 2.42 bits per heavy atom. The molecule has 0 aromatic heterocycles. The van der Waals surface area contributed by atoms with Crippen LogP contribution in [0.25, 0.3) is 10.8 Å². The van der Waals surface area contributed by atoms with Gasteiger partial charge in [0.15, 0.2) is 11.5 Å². The molecule has 0 unspecified atom stereocenters. The summed E-state index contributed by atoms with van der Waals surface area (Å²) in [7, 11) is 3.31. The first-order valence-electron chi connectivity index (χ1n) is 8.15. The van der Waals surface area contributed by atoms with Crippen LogP contribution in [0.4, 0.5) is 0 Å². The largest absolute Gasteiger partial charge is 0.493 e. The number of nitrogens with one attached hydrogen (secondary N) is 1. The predicted molar refractivity (Wildman–Crippen MR) is 98.7 cm³/mol. The van der Waals surface area contributed by atoms with Gasteiger partial charge in [-0.1, -0.05) is 48.5 Å². The number of hydrogen-bond acceptors (Lipinski definition) is 3. The van der Waals surface area contributed by atoms with E-state index in [1.165, 1.54) is 21.9 Å². The summed E-state index contributed by atoms with van der Waals surface area (Å²) < 4.78 is 10.7. The lowest BCUT2D eigenvalue weighted by molar-refractivity contribution is 0.354. The van der Waals surface area contributed by atoms with Crippen molar-refractivity contribution in [3.05, 3.63) is 71.8 Å². The molecule has 3 aromatic carbocycles. The zero-order chi connectivity index (χ0) is 16.9. The summed E-state index contributed by atoms with van der Waals surface area (Å²) in [6.07, 6.45) is 0. The summed E-state index contributed by atoms with van der Waals surface area (Å²) in [5, 5.41) is 6.17. The quantitative estimate of drug-likeness (QED) is 0.713. The van der Waals surface area contributed by atoms with E-state index in [1.54, 1.807) is 14.2 Å². The van der Waals surface area contributed by atoms with Gasteiger partial charge in [0.1, 0.15) is 0 Å². The number of hydrogen-bond donors (Lipinski definition) is 1. The second kappa shape index (κ2) is 7.37. The molecule has 124 valence electrons. The predicted octanol–water partition coefficient (Wildman–Crippen LogP) is 4.71. The fourth-order valence-corrected chi connectivity index (χ4v) is 3.00. The van der Waals surface area contributed by atoms with E-state index in [1.807, 2.05) is 12.1 Å². The van der Waals surface area contributed by atoms with Crippen molar-refractivity contribution in [3.63, 3.8) is 0 Å². The number of benzene rings is 3. The molecule has 0 spiro atoms. The Balaban J connectivity index is 1.76. The third-order valence-electron chi connectivity index (χ3n) is 4.35. The van der Waals surface area contributed by atoms with E-state index in [4.69, 9.17) is 9.47 Å². The average molecular weight is 321 g/mol. The van der Waals surface area contributed by atoms with Crippen molar-refractivity contribution in [2.45, 2.75) is 19.5 Å². The molecule has 0 aliphatic carbocycles. The molecule has 0 amide bonds. The number of rotatable bonds is 6. The van der Waals surface area contributed by atoms with Gasteiger partial charge in [-0.3, -0.25) is 0 Å². The maximum absolute atomic E-state index is 5.37. The molecule has 0 aliphatic rings. The van der Waals surface area contributed by atoms with Crippen LogP contribution in [0.5, 0.6) is 11.5 Å². The van der Waals surface area contributed by atoms with Crippen molar-refractivity contribution in [2.24, 2.45) is 0 Å². The molecule has 3 rings (SSSR count). The third kappa shape index (κ3) is 3.36. The fraction of sp³-hybridized carbons (Fsp3) is 0.238. The molecule has 1 atom stereocenters. The van der Waals surface area contributed by atoms with Crippen LogP contribution in [0.15, 0.2) is 60.7 Å². The molecular weight excluding hydrogens is 298 g/mol. The van der Waals surface area contributed by atoms with Crippen molar-refractivity contribution in [3.8, 4) is 11.5 Å². The Hall–Kier alpha value is -2.52. The summed E-state index contributed by atoms with van der Waals surface area (Å²) in [5.41, 5.74) is 2.48. The SMILES string of the molecule is COc1ccc(CN[C@@H](C)c2cccc3ccccc23)cc1OC. The Bertz CT molecular complexity index is 824. The Kier molecular flexibility index (Phi) is 5.02. The highest BCUT2D eigenvalue weighted by atomic mass is 16.5. The van der Waals surface area contributed by atoms with Crippen molar-refractivity contribution in [1.82, 2.24) is 5.32 Å². The molecule has 0 fully saturated rings. The fourth-order valence-electron chi connectivity index (χ4n) is 3.00. The van der Waals surface area contributed by atoms with E-state index in [2.05, 4.69) is 60.8 Å². The Morgan fingerprint density at radius 2 is 1.62 bits per heavy atom. The Labute approximate surface area is 143 Å². The van der Waals surface area contributed by atoms with E-state index in [-0.39, 0.29) is 6.04 Å². The van der Waals surface area contributed by atoms with E-state index < -0.39 is 0 Å². The van der Waals surface area contributed by atoms with Crippen molar-refractivity contribution in [2.75, 3.05) is 14.2 Å². The van der Waals surface area contributed by atoms with Crippen LogP contribution in [0, 0.1) is 0 Å². The average Bonchev–Trinajstić information content (AvgIpc) is 2.65. The van der Waals surface area contributed by atoms with E-state index in [9.17, 15) is 0 Å². The van der Waals surface area contributed by atoms with Gasteiger partial charge >= 0.3 is 0 Å². The standard InChI is InChI=1S/C21H23NO2/c1-15(18-10-6-8-17-7-4-5-9-19(17)18)22-14-16-11-12-20(23-2)21(13-16)24-3/h4-13,15,22H,14H2,1-3H3/t15-/m0/s1.